The molecule has 2 aliphatic rings. The molecule has 2 heteroatoms. The zero-order chi connectivity index (χ0) is 13.9. The van der Waals surface area contributed by atoms with Gasteiger partial charge in [-0.2, -0.15) is 0 Å². The van der Waals surface area contributed by atoms with Crippen LogP contribution in [0.15, 0.2) is 0 Å². The zero-order valence-corrected chi connectivity index (χ0v) is 13.0. The van der Waals surface area contributed by atoms with E-state index in [1.807, 2.05) is 0 Å². The summed E-state index contributed by atoms with van der Waals surface area (Å²) in [5, 5.41) is 0. The van der Waals surface area contributed by atoms with Gasteiger partial charge in [0.25, 0.3) is 0 Å². The summed E-state index contributed by atoms with van der Waals surface area (Å²) in [5.74, 6) is 0.938. The number of carbonyl (C=O) groups is 1. The van der Waals surface area contributed by atoms with Crippen LogP contribution < -0.4 is 0 Å². The maximum Gasteiger partial charge on any atom is 0.312 e. The van der Waals surface area contributed by atoms with E-state index in [0.717, 1.165) is 50.9 Å². The molecule has 2 fully saturated rings. The van der Waals surface area contributed by atoms with Gasteiger partial charge in [-0.25, -0.2) is 0 Å². The van der Waals surface area contributed by atoms with Gasteiger partial charge < -0.3 is 4.74 Å². The van der Waals surface area contributed by atoms with Crippen LogP contribution >= 0.6 is 0 Å². The molecule has 0 aromatic rings. The lowest BCUT2D eigenvalue weighted by Crippen LogP contribution is -2.40. The largest absolute Gasteiger partial charge is 0.459 e. The van der Waals surface area contributed by atoms with E-state index in [2.05, 4.69) is 20.8 Å². The molecule has 2 nitrogen and oxygen atoms in total. The van der Waals surface area contributed by atoms with Crippen molar-refractivity contribution < 1.29 is 9.53 Å². The van der Waals surface area contributed by atoms with Crippen LogP contribution in [-0.2, 0) is 9.53 Å². The summed E-state index contributed by atoms with van der Waals surface area (Å²) >= 11 is 0. The Labute approximate surface area is 118 Å². The maximum atomic E-state index is 12.7. The summed E-state index contributed by atoms with van der Waals surface area (Å²) in [6, 6.07) is 0. The Hall–Kier alpha value is -0.530. The molecular weight excluding hydrogens is 236 g/mol. The predicted molar refractivity (Wildman–Crippen MR) is 77.9 cm³/mol. The summed E-state index contributed by atoms with van der Waals surface area (Å²) in [7, 11) is 0. The quantitative estimate of drug-likeness (QED) is 0.615. The molecule has 0 aromatic heterocycles. The van der Waals surface area contributed by atoms with Gasteiger partial charge >= 0.3 is 5.97 Å². The number of unbranched alkanes of at least 4 members (excludes halogenated alkanes) is 1. The van der Waals surface area contributed by atoms with Crippen molar-refractivity contribution in [3.63, 3.8) is 0 Å². The molecule has 0 spiro atoms. The number of fused-ring (bicyclic) bond motifs is 2. The average molecular weight is 266 g/mol. The van der Waals surface area contributed by atoms with Gasteiger partial charge in [0.1, 0.15) is 5.60 Å². The second kappa shape index (κ2) is 5.85. The van der Waals surface area contributed by atoms with E-state index in [1.165, 1.54) is 19.3 Å². The second-order valence-corrected chi connectivity index (χ2v) is 6.81. The molecule has 0 unspecified atom stereocenters. The minimum atomic E-state index is -0.192. The third kappa shape index (κ3) is 2.83. The smallest absolute Gasteiger partial charge is 0.312 e. The van der Waals surface area contributed by atoms with Crippen LogP contribution in [0.4, 0.5) is 0 Å². The Morgan fingerprint density at radius 2 is 1.84 bits per heavy atom. The van der Waals surface area contributed by atoms with Crippen LogP contribution in [0.5, 0.6) is 0 Å². The first-order valence-electron chi connectivity index (χ1n) is 8.33. The van der Waals surface area contributed by atoms with Crippen LogP contribution in [0.1, 0.15) is 85.0 Å². The van der Waals surface area contributed by atoms with Gasteiger partial charge in [-0.1, -0.05) is 27.2 Å². The number of esters is 1. The van der Waals surface area contributed by atoms with Gasteiger partial charge in [0.15, 0.2) is 0 Å². The van der Waals surface area contributed by atoms with Crippen molar-refractivity contribution in [3.8, 4) is 0 Å². The van der Waals surface area contributed by atoms with E-state index in [4.69, 9.17) is 4.74 Å². The molecule has 0 heterocycles. The minimum absolute atomic E-state index is 0.0908. The topological polar surface area (TPSA) is 26.3 Å². The number of hydrogen-bond donors (Lipinski definition) is 0. The SMILES string of the molecule is CCCCC(CC)(CC)OC(=O)C12CCC(CC1)C2. The van der Waals surface area contributed by atoms with E-state index < -0.39 is 0 Å². The van der Waals surface area contributed by atoms with Crippen molar-refractivity contribution in [2.75, 3.05) is 0 Å². The van der Waals surface area contributed by atoms with Gasteiger partial charge in [-0.3, -0.25) is 4.79 Å². The molecule has 0 aliphatic heterocycles. The van der Waals surface area contributed by atoms with Crippen molar-refractivity contribution in [2.45, 2.75) is 90.6 Å². The van der Waals surface area contributed by atoms with E-state index >= 15 is 0 Å². The highest BCUT2D eigenvalue weighted by Gasteiger charge is 2.52. The van der Waals surface area contributed by atoms with Crippen LogP contribution in [0, 0.1) is 11.3 Å². The Balaban J connectivity index is 2.02. The molecule has 0 aromatic carbocycles. The first-order valence-corrected chi connectivity index (χ1v) is 8.33. The average Bonchev–Trinajstić information content (AvgIpc) is 3.05. The van der Waals surface area contributed by atoms with Crippen molar-refractivity contribution in [2.24, 2.45) is 11.3 Å². The number of ether oxygens (including phenoxy) is 1. The van der Waals surface area contributed by atoms with Gasteiger partial charge in [-0.15, -0.1) is 0 Å². The molecule has 2 aliphatic carbocycles. The zero-order valence-electron chi connectivity index (χ0n) is 13.0. The Morgan fingerprint density at radius 1 is 1.21 bits per heavy atom. The van der Waals surface area contributed by atoms with Crippen LogP contribution in [0.25, 0.3) is 0 Å². The molecule has 0 N–H and O–H groups in total. The predicted octanol–water partition coefficient (Wildman–Crippen LogP) is 4.86. The molecule has 0 atom stereocenters. The van der Waals surface area contributed by atoms with Gasteiger partial charge in [-0.05, 0) is 63.7 Å². The summed E-state index contributed by atoms with van der Waals surface area (Å²) in [6.07, 6.45) is 11.0. The van der Waals surface area contributed by atoms with Crippen molar-refractivity contribution in [3.05, 3.63) is 0 Å². The van der Waals surface area contributed by atoms with E-state index in [-0.39, 0.29) is 17.0 Å². The number of hydrogen-bond acceptors (Lipinski definition) is 2. The lowest BCUT2D eigenvalue weighted by Gasteiger charge is -2.36. The molecule has 0 amide bonds. The van der Waals surface area contributed by atoms with E-state index in [0.29, 0.717) is 0 Å². The molecule has 0 radical (unpaired) electrons. The molecule has 19 heavy (non-hydrogen) atoms. The van der Waals surface area contributed by atoms with Crippen molar-refractivity contribution >= 4 is 5.97 Å². The summed E-state index contributed by atoms with van der Waals surface area (Å²) in [4.78, 5) is 12.7. The maximum absolute atomic E-state index is 12.7. The highest BCUT2D eigenvalue weighted by molar-refractivity contribution is 5.78. The number of rotatable bonds is 7. The van der Waals surface area contributed by atoms with Gasteiger partial charge in [0, 0.05) is 0 Å². The first-order chi connectivity index (χ1) is 9.10. The fourth-order valence-corrected chi connectivity index (χ4v) is 4.08. The van der Waals surface area contributed by atoms with Gasteiger partial charge in [0.05, 0.1) is 5.41 Å². The van der Waals surface area contributed by atoms with Crippen molar-refractivity contribution in [1.29, 1.82) is 0 Å². The number of carbonyl (C=O) groups excluding carboxylic acids is 1. The van der Waals surface area contributed by atoms with Crippen molar-refractivity contribution in [1.82, 2.24) is 0 Å². The van der Waals surface area contributed by atoms with Gasteiger partial charge in [0.2, 0.25) is 0 Å². The lowest BCUT2D eigenvalue weighted by molar-refractivity contribution is -0.174. The lowest BCUT2D eigenvalue weighted by atomic mass is 9.83. The van der Waals surface area contributed by atoms with Crippen LogP contribution in [-0.4, -0.2) is 11.6 Å². The fraction of sp³-hybridized carbons (Fsp3) is 0.941. The summed E-state index contributed by atoms with van der Waals surface area (Å²) in [6.45, 7) is 6.53. The molecule has 2 rings (SSSR count). The summed E-state index contributed by atoms with van der Waals surface area (Å²) in [5.41, 5.74) is -0.283. The molecular formula is C17H30O2. The minimum Gasteiger partial charge on any atom is -0.459 e. The molecule has 110 valence electrons. The molecule has 2 saturated carbocycles. The highest BCUT2D eigenvalue weighted by atomic mass is 16.6. The van der Waals surface area contributed by atoms with Crippen LogP contribution in [0.2, 0.25) is 0 Å². The Kier molecular flexibility index (Phi) is 4.58. The Morgan fingerprint density at radius 3 is 2.26 bits per heavy atom. The highest BCUT2D eigenvalue weighted by Crippen LogP contribution is 2.55. The molecule has 2 bridgehead atoms. The summed E-state index contributed by atoms with van der Waals surface area (Å²) < 4.78 is 6.10. The third-order valence-electron chi connectivity index (χ3n) is 5.76. The second-order valence-electron chi connectivity index (χ2n) is 6.81. The monoisotopic (exact) mass is 266 g/mol. The first kappa shape index (κ1) is 14.9. The normalized spacial score (nSPS) is 29.7. The standard InChI is InChI=1S/C17H30O2/c1-4-7-10-17(5-2,6-3)19-15(18)16-11-8-14(13-16)9-12-16/h14H,4-13H2,1-3H3. The van der Waals surface area contributed by atoms with Crippen LogP contribution in [0.3, 0.4) is 0 Å². The molecule has 0 saturated heterocycles. The van der Waals surface area contributed by atoms with E-state index in [9.17, 15) is 4.79 Å². The Bertz CT molecular complexity index is 309. The fourth-order valence-electron chi connectivity index (χ4n) is 4.08. The van der Waals surface area contributed by atoms with E-state index in [1.54, 1.807) is 0 Å². The third-order valence-corrected chi connectivity index (χ3v) is 5.76.